The van der Waals surface area contributed by atoms with Crippen molar-refractivity contribution in [3.63, 3.8) is 0 Å². The molecule has 0 aliphatic rings. The van der Waals surface area contributed by atoms with E-state index in [0.717, 1.165) is 28.1 Å². The van der Waals surface area contributed by atoms with E-state index in [1.807, 2.05) is 42.5 Å². The fourth-order valence-corrected chi connectivity index (χ4v) is 2.50. The standard InChI is InChI=1S/C18H13N3O2/c22-15-7-5-13(6-8-15)18-9-14(10-23-18)16-3-1-2-4-17(16)21-12-19-11-20-21/h1-12,22H. The van der Waals surface area contributed by atoms with Crippen LogP contribution in [0.5, 0.6) is 5.75 Å². The first-order valence-electron chi connectivity index (χ1n) is 7.13. The summed E-state index contributed by atoms with van der Waals surface area (Å²) < 4.78 is 7.42. The highest BCUT2D eigenvalue weighted by Gasteiger charge is 2.11. The van der Waals surface area contributed by atoms with Crippen molar-refractivity contribution in [2.75, 3.05) is 0 Å². The Bertz CT molecular complexity index is 925. The van der Waals surface area contributed by atoms with Gasteiger partial charge in [0.25, 0.3) is 0 Å². The van der Waals surface area contributed by atoms with E-state index in [0.29, 0.717) is 0 Å². The number of hydrogen-bond acceptors (Lipinski definition) is 4. The van der Waals surface area contributed by atoms with Crippen LogP contribution < -0.4 is 0 Å². The van der Waals surface area contributed by atoms with Crippen molar-refractivity contribution in [1.82, 2.24) is 14.8 Å². The van der Waals surface area contributed by atoms with Crippen LogP contribution in [0.15, 0.2) is 77.9 Å². The van der Waals surface area contributed by atoms with Gasteiger partial charge in [-0.2, -0.15) is 5.10 Å². The van der Waals surface area contributed by atoms with E-state index in [9.17, 15) is 5.11 Å². The fourth-order valence-electron chi connectivity index (χ4n) is 2.50. The van der Waals surface area contributed by atoms with E-state index < -0.39 is 0 Å². The summed E-state index contributed by atoms with van der Waals surface area (Å²) in [7, 11) is 0. The van der Waals surface area contributed by atoms with Crippen molar-refractivity contribution < 1.29 is 9.52 Å². The summed E-state index contributed by atoms with van der Waals surface area (Å²) in [5, 5.41) is 13.6. The predicted octanol–water partition coefficient (Wildman–Crippen LogP) is 3.90. The molecule has 0 fully saturated rings. The minimum Gasteiger partial charge on any atom is -0.508 e. The molecule has 5 heteroatoms. The zero-order valence-electron chi connectivity index (χ0n) is 12.1. The quantitative estimate of drug-likeness (QED) is 0.623. The third kappa shape index (κ3) is 2.48. The molecule has 5 nitrogen and oxygen atoms in total. The second-order valence-electron chi connectivity index (χ2n) is 5.10. The highest BCUT2D eigenvalue weighted by molar-refractivity contribution is 5.75. The molecule has 4 aromatic rings. The van der Waals surface area contributed by atoms with E-state index in [1.165, 1.54) is 6.33 Å². The summed E-state index contributed by atoms with van der Waals surface area (Å²) in [5.41, 5.74) is 3.81. The number of phenolic OH excluding ortho intramolecular Hbond substituents is 1. The van der Waals surface area contributed by atoms with Crippen molar-refractivity contribution in [3.05, 3.63) is 73.5 Å². The van der Waals surface area contributed by atoms with Gasteiger partial charge in [-0.05, 0) is 36.4 Å². The number of benzene rings is 2. The van der Waals surface area contributed by atoms with Crippen LogP contribution in [-0.4, -0.2) is 19.9 Å². The number of phenols is 1. The average molecular weight is 303 g/mol. The number of rotatable bonds is 3. The average Bonchev–Trinajstić information content (AvgIpc) is 3.27. The fraction of sp³-hybridized carbons (Fsp3) is 0. The van der Waals surface area contributed by atoms with Gasteiger partial charge in [-0.1, -0.05) is 18.2 Å². The molecule has 2 heterocycles. The number of aromatic hydroxyl groups is 1. The summed E-state index contributed by atoms with van der Waals surface area (Å²) >= 11 is 0. The highest BCUT2D eigenvalue weighted by atomic mass is 16.3. The van der Waals surface area contributed by atoms with Gasteiger partial charge in [0.1, 0.15) is 24.2 Å². The van der Waals surface area contributed by atoms with E-state index in [4.69, 9.17) is 4.42 Å². The van der Waals surface area contributed by atoms with Gasteiger partial charge in [0.05, 0.1) is 12.0 Å². The second-order valence-corrected chi connectivity index (χ2v) is 5.10. The molecule has 0 aliphatic carbocycles. The Morgan fingerprint density at radius 1 is 0.957 bits per heavy atom. The van der Waals surface area contributed by atoms with Crippen molar-refractivity contribution >= 4 is 0 Å². The first kappa shape index (κ1) is 13.3. The first-order valence-corrected chi connectivity index (χ1v) is 7.13. The Labute approximate surface area is 132 Å². The molecule has 0 unspecified atom stereocenters. The summed E-state index contributed by atoms with van der Waals surface area (Å²) in [6.45, 7) is 0. The third-order valence-electron chi connectivity index (χ3n) is 3.63. The first-order chi connectivity index (χ1) is 11.3. The summed E-state index contributed by atoms with van der Waals surface area (Å²) in [5.74, 6) is 0.977. The Hall–Kier alpha value is -3.34. The Morgan fingerprint density at radius 2 is 1.78 bits per heavy atom. The van der Waals surface area contributed by atoms with Gasteiger partial charge in [-0.15, -0.1) is 0 Å². The lowest BCUT2D eigenvalue weighted by molar-refractivity contribution is 0.475. The summed E-state index contributed by atoms with van der Waals surface area (Å²) in [6.07, 6.45) is 4.89. The van der Waals surface area contributed by atoms with Crippen LogP contribution in [0.2, 0.25) is 0 Å². The highest BCUT2D eigenvalue weighted by Crippen LogP contribution is 2.32. The number of nitrogens with zero attached hydrogens (tertiary/aromatic N) is 3. The number of aromatic nitrogens is 3. The molecule has 1 N–H and O–H groups in total. The monoisotopic (exact) mass is 303 g/mol. The van der Waals surface area contributed by atoms with Crippen LogP contribution in [0.3, 0.4) is 0 Å². The summed E-state index contributed by atoms with van der Waals surface area (Å²) in [4.78, 5) is 4.00. The molecule has 0 spiro atoms. The van der Waals surface area contributed by atoms with Gasteiger partial charge in [-0.25, -0.2) is 9.67 Å². The molecule has 4 rings (SSSR count). The van der Waals surface area contributed by atoms with E-state index in [-0.39, 0.29) is 5.75 Å². The summed E-state index contributed by atoms with van der Waals surface area (Å²) in [6, 6.07) is 16.8. The van der Waals surface area contributed by atoms with E-state index in [1.54, 1.807) is 29.4 Å². The molecule has 23 heavy (non-hydrogen) atoms. The molecular weight excluding hydrogens is 290 g/mol. The van der Waals surface area contributed by atoms with Crippen molar-refractivity contribution in [2.45, 2.75) is 0 Å². The van der Waals surface area contributed by atoms with E-state index in [2.05, 4.69) is 10.1 Å². The second kappa shape index (κ2) is 5.46. The van der Waals surface area contributed by atoms with Crippen LogP contribution in [0.4, 0.5) is 0 Å². The largest absolute Gasteiger partial charge is 0.508 e. The van der Waals surface area contributed by atoms with Crippen LogP contribution in [-0.2, 0) is 0 Å². The molecule has 0 radical (unpaired) electrons. The molecule has 0 saturated carbocycles. The third-order valence-corrected chi connectivity index (χ3v) is 3.63. The number of para-hydroxylation sites is 1. The molecule has 0 aliphatic heterocycles. The van der Waals surface area contributed by atoms with Gasteiger partial charge < -0.3 is 9.52 Å². The maximum Gasteiger partial charge on any atom is 0.138 e. The molecule has 2 aromatic heterocycles. The zero-order chi connectivity index (χ0) is 15.6. The maximum absolute atomic E-state index is 9.38. The van der Waals surface area contributed by atoms with Gasteiger partial charge in [0.15, 0.2) is 0 Å². The lowest BCUT2D eigenvalue weighted by Gasteiger charge is -2.06. The number of furan rings is 1. The van der Waals surface area contributed by atoms with Gasteiger partial charge >= 0.3 is 0 Å². The normalized spacial score (nSPS) is 10.8. The number of hydrogen-bond donors (Lipinski definition) is 1. The minimum atomic E-state index is 0.233. The van der Waals surface area contributed by atoms with Crippen molar-refractivity contribution in [1.29, 1.82) is 0 Å². The molecular formula is C18H13N3O2. The van der Waals surface area contributed by atoms with Gasteiger partial charge in [0, 0.05) is 16.7 Å². The lowest BCUT2D eigenvalue weighted by atomic mass is 10.1. The van der Waals surface area contributed by atoms with Crippen LogP contribution in [0.25, 0.3) is 28.1 Å². The molecule has 0 amide bonds. The topological polar surface area (TPSA) is 64.1 Å². The van der Waals surface area contributed by atoms with Crippen LogP contribution in [0, 0.1) is 0 Å². The van der Waals surface area contributed by atoms with Gasteiger partial charge in [0.2, 0.25) is 0 Å². The molecule has 0 atom stereocenters. The smallest absolute Gasteiger partial charge is 0.138 e. The maximum atomic E-state index is 9.38. The SMILES string of the molecule is Oc1ccc(-c2cc(-c3ccccc3-n3cncn3)co2)cc1. The predicted molar refractivity (Wildman–Crippen MR) is 86.2 cm³/mol. The molecule has 0 saturated heterocycles. The lowest BCUT2D eigenvalue weighted by Crippen LogP contribution is -1.96. The Balaban J connectivity index is 1.77. The van der Waals surface area contributed by atoms with Crippen molar-refractivity contribution in [3.8, 4) is 33.9 Å². The Kier molecular flexibility index (Phi) is 3.16. The van der Waals surface area contributed by atoms with Crippen LogP contribution >= 0.6 is 0 Å². The molecule has 0 bridgehead atoms. The molecule has 2 aromatic carbocycles. The van der Waals surface area contributed by atoms with Crippen molar-refractivity contribution in [2.24, 2.45) is 0 Å². The van der Waals surface area contributed by atoms with E-state index >= 15 is 0 Å². The minimum absolute atomic E-state index is 0.233. The Morgan fingerprint density at radius 3 is 2.57 bits per heavy atom. The molecule has 112 valence electrons. The van der Waals surface area contributed by atoms with Gasteiger partial charge in [-0.3, -0.25) is 0 Å². The van der Waals surface area contributed by atoms with Crippen LogP contribution in [0.1, 0.15) is 0 Å². The zero-order valence-corrected chi connectivity index (χ0v) is 12.1.